The lowest BCUT2D eigenvalue weighted by atomic mass is 9.96. The lowest BCUT2D eigenvalue weighted by molar-refractivity contribution is -0.123. The number of aromatic nitrogens is 2. The molecule has 1 aromatic heterocycles. The summed E-state index contributed by atoms with van der Waals surface area (Å²) in [4.78, 5) is 26.8. The number of benzene rings is 1. The minimum Gasteiger partial charge on any atom is -0.357 e. The van der Waals surface area contributed by atoms with Gasteiger partial charge in [0, 0.05) is 39.1 Å². The number of amides is 1. The van der Waals surface area contributed by atoms with Crippen molar-refractivity contribution in [1.82, 2.24) is 14.3 Å². The monoisotopic (exact) mass is 417 g/mol. The number of para-hydroxylation sites is 2. The smallest absolute Gasteiger partial charge is 0.231 e. The van der Waals surface area contributed by atoms with Gasteiger partial charge in [0.15, 0.2) is 11.6 Å². The Hall–Kier alpha value is -2.26. The van der Waals surface area contributed by atoms with Crippen molar-refractivity contribution in [3.63, 3.8) is 0 Å². The number of hydrogen-bond acceptors (Lipinski definition) is 6. The van der Waals surface area contributed by atoms with Crippen LogP contribution in [0.3, 0.4) is 0 Å². The molecular weight excluding hydrogens is 390 g/mol. The van der Waals surface area contributed by atoms with Crippen LogP contribution >= 0.6 is 0 Å². The highest BCUT2D eigenvalue weighted by molar-refractivity contribution is 7.89. The SMILES string of the molecule is CCS(=O)(=O)N1CCC(C(=O)N2CCCN(C)c3nc4ccccc4nc32)CC1. The van der Waals surface area contributed by atoms with Crippen LogP contribution in [0.25, 0.3) is 11.0 Å². The van der Waals surface area contributed by atoms with Gasteiger partial charge in [-0.25, -0.2) is 22.7 Å². The van der Waals surface area contributed by atoms with E-state index in [0.29, 0.717) is 38.3 Å². The Kier molecular flexibility index (Phi) is 5.44. The Bertz CT molecular complexity index is 1020. The zero-order valence-electron chi connectivity index (χ0n) is 16.9. The molecule has 9 heteroatoms. The van der Waals surface area contributed by atoms with Gasteiger partial charge in [0.1, 0.15) is 0 Å². The molecule has 0 spiro atoms. The number of piperidine rings is 1. The molecule has 1 saturated heterocycles. The number of nitrogens with zero attached hydrogens (tertiary/aromatic N) is 5. The van der Waals surface area contributed by atoms with Crippen LogP contribution in [0.15, 0.2) is 24.3 Å². The quantitative estimate of drug-likeness (QED) is 0.758. The van der Waals surface area contributed by atoms with E-state index in [9.17, 15) is 13.2 Å². The molecule has 3 heterocycles. The highest BCUT2D eigenvalue weighted by atomic mass is 32.2. The first-order valence-electron chi connectivity index (χ1n) is 10.2. The molecule has 29 heavy (non-hydrogen) atoms. The van der Waals surface area contributed by atoms with Gasteiger partial charge in [-0.2, -0.15) is 0 Å². The lowest BCUT2D eigenvalue weighted by Gasteiger charge is -2.33. The number of sulfonamides is 1. The highest BCUT2D eigenvalue weighted by Gasteiger charge is 2.35. The van der Waals surface area contributed by atoms with Gasteiger partial charge < -0.3 is 4.90 Å². The molecule has 8 nitrogen and oxygen atoms in total. The standard InChI is InChI=1S/C20H27N5O3S/c1-3-29(27,28)24-13-9-15(10-14-24)20(26)25-12-6-11-23(2)18-19(25)22-17-8-5-4-7-16(17)21-18/h4-5,7-8,15H,3,6,9-14H2,1-2H3. The van der Waals surface area contributed by atoms with E-state index in [1.807, 2.05) is 31.3 Å². The van der Waals surface area contributed by atoms with Gasteiger partial charge in [-0.05, 0) is 38.3 Å². The van der Waals surface area contributed by atoms with Crippen LogP contribution in [0.2, 0.25) is 0 Å². The maximum atomic E-state index is 13.4. The Labute approximate surface area is 171 Å². The second-order valence-corrected chi connectivity index (χ2v) is 9.96. The van der Waals surface area contributed by atoms with Gasteiger partial charge in [0.05, 0.1) is 16.8 Å². The molecule has 4 rings (SSSR count). The summed E-state index contributed by atoms with van der Waals surface area (Å²) in [7, 11) is -1.23. The molecule has 0 bridgehead atoms. The van der Waals surface area contributed by atoms with Crippen LogP contribution in [0.1, 0.15) is 26.2 Å². The van der Waals surface area contributed by atoms with Crippen molar-refractivity contribution in [2.75, 3.05) is 48.8 Å². The average Bonchev–Trinajstić information content (AvgIpc) is 2.90. The van der Waals surface area contributed by atoms with E-state index in [1.54, 1.807) is 11.8 Å². The Morgan fingerprint density at radius 2 is 1.66 bits per heavy atom. The normalized spacial score (nSPS) is 19.2. The molecule has 0 aliphatic carbocycles. The van der Waals surface area contributed by atoms with Crippen LogP contribution in [0.5, 0.6) is 0 Å². The topological polar surface area (TPSA) is 86.7 Å². The minimum absolute atomic E-state index is 0.0275. The summed E-state index contributed by atoms with van der Waals surface area (Å²) in [5.41, 5.74) is 1.58. The van der Waals surface area contributed by atoms with Crippen LogP contribution in [-0.4, -0.2) is 67.6 Å². The third-order valence-electron chi connectivity index (χ3n) is 5.85. The van der Waals surface area contributed by atoms with Gasteiger partial charge in [-0.15, -0.1) is 0 Å². The van der Waals surface area contributed by atoms with E-state index in [4.69, 9.17) is 9.97 Å². The predicted octanol–water partition coefficient (Wildman–Crippen LogP) is 1.86. The number of fused-ring (bicyclic) bond motifs is 2. The van der Waals surface area contributed by atoms with Gasteiger partial charge in [0.25, 0.3) is 0 Å². The Morgan fingerprint density at radius 3 is 2.28 bits per heavy atom. The van der Waals surface area contributed by atoms with Crippen molar-refractivity contribution < 1.29 is 13.2 Å². The molecule has 2 aliphatic heterocycles. The van der Waals surface area contributed by atoms with E-state index in [2.05, 4.69) is 4.90 Å². The molecule has 2 aliphatic rings. The van der Waals surface area contributed by atoms with Crippen molar-refractivity contribution >= 4 is 38.6 Å². The summed E-state index contributed by atoms with van der Waals surface area (Å²) < 4.78 is 25.7. The van der Waals surface area contributed by atoms with E-state index in [0.717, 1.165) is 29.8 Å². The third kappa shape index (κ3) is 3.81. The largest absolute Gasteiger partial charge is 0.357 e. The lowest BCUT2D eigenvalue weighted by Crippen LogP contribution is -2.45. The number of carbonyl (C=O) groups is 1. The average molecular weight is 418 g/mol. The fourth-order valence-corrected chi connectivity index (χ4v) is 5.23. The van der Waals surface area contributed by atoms with Crippen LogP contribution in [0, 0.1) is 5.92 Å². The minimum atomic E-state index is -3.20. The predicted molar refractivity (Wildman–Crippen MR) is 114 cm³/mol. The first kappa shape index (κ1) is 20.0. The van der Waals surface area contributed by atoms with Crippen LogP contribution in [0.4, 0.5) is 11.6 Å². The van der Waals surface area contributed by atoms with Crippen LogP contribution in [-0.2, 0) is 14.8 Å². The van der Waals surface area contributed by atoms with E-state index < -0.39 is 10.0 Å². The second kappa shape index (κ2) is 7.87. The van der Waals surface area contributed by atoms with Crippen molar-refractivity contribution in [1.29, 1.82) is 0 Å². The second-order valence-electron chi connectivity index (χ2n) is 7.70. The van der Waals surface area contributed by atoms with Crippen molar-refractivity contribution in [3.05, 3.63) is 24.3 Å². The summed E-state index contributed by atoms with van der Waals surface area (Å²) in [6.45, 7) is 3.85. The molecule has 156 valence electrons. The molecule has 1 aromatic carbocycles. The van der Waals surface area contributed by atoms with Crippen molar-refractivity contribution in [2.45, 2.75) is 26.2 Å². The Morgan fingerprint density at radius 1 is 1.03 bits per heavy atom. The molecule has 1 fully saturated rings. The van der Waals surface area contributed by atoms with E-state index in [1.165, 1.54) is 4.31 Å². The highest BCUT2D eigenvalue weighted by Crippen LogP contribution is 2.32. The molecular formula is C20H27N5O3S. The zero-order chi connectivity index (χ0) is 20.6. The van der Waals surface area contributed by atoms with Gasteiger partial charge in [0.2, 0.25) is 15.9 Å². The maximum Gasteiger partial charge on any atom is 0.231 e. The fraction of sp³-hybridized carbons (Fsp3) is 0.550. The van der Waals surface area contributed by atoms with Crippen molar-refractivity contribution in [2.24, 2.45) is 5.92 Å². The number of anilines is 2. The third-order valence-corrected chi connectivity index (χ3v) is 7.74. The summed E-state index contributed by atoms with van der Waals surface area (Å²) in [6, 6.07) is 7.68. The van der Waals surface area contributed by atoms with Crippen LogP contribution < -0.4 is 9.80 Å². The number of carbonyl (C=O) groups excluding carboxylic acids is 1. The summed E-state index contributed by atoms with van der Waals surface area (Å²) in [6.07, 6.45) is 1.92. The molecule has 0 atom stereocenters. The summed E-state index contributed by atoms with van der Waals surface area (Å²) in [5.74, 6) is 1.26. The summed E-state index contributed by atoms with van der Waals surface area (Å²) >= 11 is 0. The van der Waals surface area contributed by atoms with Gasteiger partial charge in [-0.1, -0.05) is 12.1 Å². The Balaban J connectivity index is 1.61. The molecule has 0 radical (unpaired) electrons. The summed E-state index contributed by atoms with van der Waals surface area (Å²) in [5, 5.41) is 0. The van der Waals surface area contributed by atoms with Crippen molar-refractivity contribution in [3.8, 4) is 0 Å². The first-order chi connectivity index (χ1) is 13.9. The number of rotatable bonds is 3. The first-order valence-corrected chi connectivity index (χ1v) is 11.8. The van der Waals surface area contributed by atoms with Gasteiger partial charge in [-0.3, -0.25) is 9.69 Å². The molecule has 2 aromatic rings. The van der Waals surface area contributed by atoms with E-state index >= 15 is 0 Å². The zero-order valence-corrected chi connectivity index (χ0v) is 17.7. The van der Waals surface area contributed by atoms with E-state index in [-0.39, 0.29) is 17.6 Å². The molecule has 0 unspecified atom stereocenters. The van der Waals surface area contributed by atoms with Gasteiger partial charge >= 0.3 is 0 Å². The molecule has 0 N–H and O–H groups in total. The number of hydrogen-bond donors (Lipinski definition) is 0. The fourth-order valence-electron chi connectivity index (χ4n) is 4.09. The molecule has 1 amide bonds. The maximum absolute atomic E-state index is 13.4. The molecule has 0 saturated carbocycles.